The van der Waals surface area contributed by atoms with Crippen molar-refractivity contribution in [3.63, 3.8) is 0 Å². The van der Waals surface area contributed by atoms with E-state index in [4.69, 9.17) is 5.11 Å². The Balaban J connectivity index is 1.76. The molecule has 0 atom stereocenters. The Labute approximate surface area is 126 Å². The lowest BCUT2D eigenvalue weighted by molar-refractivity contribution is -0.143. The minimum Gasteiger partial charge on any atom is -0.481 e. The average molecular weight is 291 g/mol. The van der Waals surface area contributed by atoms with E-state index < -0.39 is 5.97 Å². The maximum atomic E-state index is 10.9. The molecule has 1 heterocycles. The summed E-state index contributed by atoms with van der Waals surface area (Å²) in [4.78, 5) is 21.8. The topological polar surface area (TPSA) is 66.3 Å². The summed E-state index contributed by atoms with van der Waals surface area (Å²) in [6.45, 7) is 3.02. The second kappa shape index (κ2) is 7.38. The number of anilines is 1. The lowest BCUT2D eigenvalue weighted by Crippen LogP contribution is -2.26. The fraction of sp³-hybridized carbons (Fsp3) is 0.688. The van der Waals surface area contributed by atoms with Gasteiger partial charge in [-0.05, 0) is 50.0 Å². The SMILES string of the molecule is CCc1cnc(N(C)CCC2CCC(C(=O)O)CC2)nc1. The minimum absolute atomic E-state index is 0.121. The Morgan fingerprint density at radius 2 is 1.90 bits per heavy atom. The van der Waals surface area contributed by atoms with Crippen molar-refractivity contribution in [3.8, 4) is 0 Å². The highest BCUT2D eigenvalue weighted by Crippen LogP contribution is 2.31. The van der Waals surface area contributed by atoms with Gasteiger partial charge in [-0.25, -0.2) is 9.97 Å². The molecule has 1 aliphatic rings. The first-order valence-electron chi connectivity index (χ1n) is 7.85. The third-order valence-electron chi connectivity index (χ3n) is 4.51. The zero-order valence-electron chi connectivity index (χ0n) is 13.0. The zero-order chi connectivity index (χ0) is 15.2. The van der Waals surface area contributed by atoms with Gasteiger partial charge in [0.1, 0.15) is 0 Å². The van der Waals surface area contributed by atoms with Crippen LogP contribution in [0.1, 0.15) is 44.6 Å². The summed E-state index contributed by atoms with van der Waals surface area (Å²) in [6.07, 6.45) is 9.52. The van der Waals surface area contributed by atoms with E-state index in [0.29, 0.717) is 5.92 Å². The van der Waals surface area contributed by atoms with Crippen LogP contribution in [0.15, 0.2) is 12.4 Å². The molecule has 0 saturated heterocycles. The summed E-state index contributed by atoms with van der Waals surface area (Å²) in [5, 5.41) is 9.01. The fourth-order valence-electron chi connectivity index (χ4n) is 2.90. The molecule has 1 saturated carbocycles. The van der Waals surface area contributed by atoms with Crippen molar-refractivity contribution in [1.29, 1.82) is 0 Å². The smallest absolute Gasteiger partial charge is 0.306 e. The van der Waals surface area contributed by atoms with Crippen molar-refractivity contribution in [2.24, 2.45) is 11.8 Å². The van der Waals surface area contributed by atoms with E-state index in [-0.39, 0.29) is 5.92 Å². The first-order chi connectivity index (χ1) is 10.1. The number of hydrogen-bond acceptors (Lipinski definition) is 4. The fourth-order valence-corrected chi connectivity index (χ4v) is 2.90. The predicted molar refractivity (Wildman–Crippen MR) is 82.4 cm³/mol. The van der Waals surface area contributed by atoms with Crippen LogP contribution >= 0.6 is 0 Å². The van der Waals surface area contributed by atoms with Crippen LogP contribution in [0.3, 0.4) is 0 Å². The van der Waals surface area contributed by atoms with Crippen LogP contribution in [0.5, 0.6) is 0 Å². The highest BCUT2D eigenvalue weighted by Gasteiger charge is 2.25. The maximum absolute atomic E-state index is 10.9. The monoisotopic (exact) mass is 291 g/mol. The molecule has 116 valence electrons. The van der Waals surface area contributed by atoms with Gasteiger partial charge in [0.25, 0.3) is 0 Å². The largest absolute Gasteiger partial charge is 0.481 e. The van der Waals surface area contributed by atoms with Gasteiger partial charge in [0, 0.05) is 26.0 Å². The Bertz CT molecular complexity index is 453. The summed E-state index contributed by atoms with van der Waals surface area (Å²) >= 11 is 0. The second-order valence-electron chi connectivity index (χ2n) is 6.01. The van der Waals surface area contributed by atoms with Crippen molar-refractivity contribution in [1.82, 2.24) is 9.97 Å². The van der Waals surface area contributed by atoms with Crippen LogP contribution in [0, 0.1) is 11.8 Å². The molecule has 1 aromatic rings. The van der Waals surface area contributed by atoms with Gasteiger partial charge in [0.2, 0.25) is 5.95 Å². The highest BCUT2D eigenvalue weighted by molar-refractivity contribution is 5.69. The molecule has 1 fully saturated rings. The molecule has 0 spiro atoms. The normalized spacial score (nSPS) is 22.0. The van der Waals surface area contributed by atoms with Crippen molar-refractivity contribution in [2.45, 2.75) is 45.4 Å². The minimum atomic E-state index is -0.630. The molecule has 0 bridgehead atoms. The Kier molecular flexibility index (Phi) is 5.53. The summed E-state index contributed by atoms with van der Waals surface area (Å²) in [6, 6.07) is 0. The molecule has 1 aliphatic carbocycles. The first-order valence-corrected chi connectivity index (χ1v) is 7.85. The third-order valence-corrected chi connectivity index (χ3v) is 4.51. The summed E-state index contributed by atoms with van der Waals surface area (Å²) < 4.78 is 0. The summed E-state index contributed by atoms with van der Waals surface area (Å²) in [7, 11) is 2.02. The van der Waals surface area contributed by atoms with Gasteiger partial charge in [-0.3, -0.25) is 4.79 Å². The highest BCUT2D eigenvalue weighted by atomic mass is 16.4. The van der Waals surface area contributed by atoms with Crippen LogP contribution in [0.25, 0.3) is 0 Å². The molecule has 2 rings (SSSR count). The number of carboxylic acid groups (broad SMARTS) is 1. The predicted octanol–water partition coefficient (Wildman–Crippen LogP) is 2.76. The van der Waals surface area contributed by atoms with E-state index in [1.54, 1.807) is 0 Å². The van der Waals surface area contributed by atoms with Gasteiger partial charge in [-0.15, -0.1) is 0 Å². The van der Waals surface area contributed by atoms with E-state index in [2.05, 4.69) is 21.8 Å². The van der Waals surface area contributed by atoms with E-state index >= 15 is 0 Å². The van der Waals surface area contributed by atoms with Gasteiger partial charge >= 0.3 is 5.97 Å². The van der Waals surface area contributed by atoms with Gasteiger partial charge in [0.05, 0.1) is 5.92 Å². The summed E-state index contributed by atoms with van der Waals surface area (Å²) in [5.74, 6) is 0.656. The quantitative estimate of drug-likeness (QED) is 0.873. The van der Waals surface area contributed by atoms with E-state index in [1.165, 1.54) is 0 Å². The van der Waals surface area contributed by atoms with Crippen LogP contribution in [-0.2, 0) is 11.2 Å². The van der Waals surface area contributed by atoms with Crippen LogP contribution in [0.2, 0.25) is 0 Å². The molecular weight excluding hydrogens is 266 g/mol. The van der Waals surface area contributed by atoms with Crippen LogP contribution in [0.4, 0.5) is 5.95 Å². The summed E-state index contributed by atoms with van der Waals surface area (Å²) in [5.41, 5.74) is 1.15. The maximum Gasteiger partial charge on any atom is 0.306 e. The van der Waals surface area contributed by atoms with Crippen LogP contribution < -0.4 is 4.90 Å². The van der Waals surface area contributed by atoms with Gasteiger partial charge in [-0.1, -0.05) is 6.92 Å². The van der Waals surface area contributed by atoms with Crippen molar-refractivity contribution >= 4 is 11.9 Å². The number of aryl methyl sites for hydroxylation is 1. The molecule has 1 aromatic heterocycles. The molecule has 0 amide bonds. The number of aromatic nitrogens is 2. The van der Waals surface area contributed by atoms with Gasteiger partial charge in [-0.2, -0.15) is 0 Å². The number of hydrogen-bond donors (Lipinski definition) is 1. The van der Waals surface area contributed by atoms with Crippen molar-refractivity contribution in [2.75, 3.05) is 18.5 Å². The van der Waals surface area contributed by atoms with Crippen molar-refractivity contribution in [3.05, 3.63) is 18.0 Å². The van der Waals surface area contributed by atoms with Crippen molar-refractivity contribution < 1.29 is 9.90 Å². The molecular formula is C16H25N3O2. The molecule has 0 aromatic carbocycles. The molecule has 1 N–H and O–H groups in total. The molecule has 0 aliphatic heterocycles. The number of rotatable bonds is 6. The second-order valence-corrected chi connectivity index (χ2v) is 6.01. The molecule has 5 nitrogen and oxygen atoms in total. The average Bonchev–Trinajstić information content (AvgIpc) is 2.53. The number of nitrogens with zero attached hydrogens (tertiary/aromatic N) is 3. The lowest BCUT2D eigenvalue weighted by Gasteiger charge is -2.27. The lowest BCUT2D eigenvalue weighted by atomic mass is 9.80. The Hall–Kier alpha value is -1.65. The Morgan fingerprint density at radius 1 is 1.29 bits per heavy atom. The zero-order valence-corrected chi connectivity index (χ0v) is 13.0. The van der Waals surface area contributed by atoms with E-state index in [0.717, 1.165) is 56.6 Å². The van der Waals surface area contributed by atoms with Gasteiger partial charge < -0.3 is 10.0 Å². The van der Waals surface area contributed by atoms with E-state index in [1.807, 2.05) is 19.4 Å². The molecule has 5 heteroatoms. The Morgan fingerprint density at radius 3 is 2.43 bits per heavy atom. The number of carbonyl (C=O) groups is 1. The standard InChI is InChI=1S/C16H25N3O2/c1-3-12-10-17-16(18-11-12)19(2)9-8-13-4-6-14(7-5-13)15(20)21/h10-11,13-14H,3-9H2,1-2H3,(H,20,21). The molecule has 0 radical (unpaired) electrons. The van der Waals surface area contributed by atoms with E-state index in [9.17, 15) is 4.79 Å². The number of carboxylic acids is 1. The molecule has 21 heavy (non-hydrogen) atoms. The van der Waals surface area contributed by atoms with Crippen LogP contribution in [-0.4, -0.2) is 34.6 Å². The number of aliphatic carboxylic acids is 1. The first kappa shape index (κ1) is 15.7. The molecule has 0 unspecified atom stereocenters. The van der Waals surface area contributed by atoms with Gasteiger partial charge in [0.15, 0.2) is 0 Å². The third kappa shape index (κ3) is 4.41.